The van der Waals surface area contributed by atoms with E-state index in [1.807, 2.05) is 18.4 Å². The van der Waals surface area contributed by atoms with Crippen LogP contribution in [0.25, 0.3) is 10.1 Å². The van der Waals surface area contributed by atoms with Gasteiger partial charge in [-0.3, -0.25) is 14.3 Å². The molecule has 0 aliphatic carbocycles. The molecule has 0 atom stereocenters. The molecule has 1 N–H and O–H groups in total. The summed E-state index contributed by atoms with van der Waals surface area (Å²) in [4.78, 5) is 26.4. The minimum Gasteiger partial charge on any atom is -0.457 e. The van der Waals surface area contributed by atoms with Gasteiger partial charge in [-0.05, 0) is 54.3 Å². The van der Waals surface area contributed by atoms with Crippen LogP contribution < -0.4 is 10.1 Å². The summed E-state index contributed by atoms with van der Waals surface area (Å²) in [5, 5.41) is 10.0. The predicted octanol–water partition coefficient (Wildman–Crippen LogP) is 4.69. The van der Waals surface area contributed by atoms with Crippen molar-refractivity contribution in [2.75, 3.05) is 19.4 Å². The number of thiophene rings is 1. The average molecular weight is 435 g/mol. The number of hydrogen-bond acceptors (Lipinski definition) is 5. The molecule has 0 spiro atoms. The summed E-state index contributed by atoms with van der Waals surface area (Å²) in [6, 6.07) is 12.3. The molecule has 4 aromatic rings. The van der Waals surface area contributed by atoms with Crippen molar-refractivity contribution in [3.8, 4) is 11.5 Å². The van der Waals surface area contributed by atoms with E-state index < -0.39 is 0 Å². The van der Waals surface area contributed by atoms with E-state index in [1.54, 1.807) is 79.8 Å². The molecular weight excluding hydrogens is 412 g/mol. The number of nitrogens with zero attached hydrogens (tertiary/aromatic N) is 3. The number of hydrogen-bond donors (Lipinski definition) is 1. The molecule has 0 radical (unpaired) electrons. The second-order valence-corrected chi connectivity index (χ2v) is 8.33. The number of rotatable bonds is 5. The number of carbonyl (C=O) groups excluding carboxylic acids is 2. The van der Waals surface area contributed by atoms with Crippen molar-refractivity contribution in [2.24, 2.45) is 7.05 Å². The second-order valence-electron chi connectivity index (χ2n) is 7.42. The Morgan fingerprint density at radius 2 is 1.84 bits per heavy atom. The van der Waals surface area contributed by atoms with Crippen LogP contribution in [-0.4, -0.2) is 40.6 Å². The Kier molecular flexibility index (Phi) is 5.48. The van der Waals surface area contributed by atoms with Gasteiger partial charge in [0.05, 0.1) is 0 Å². The molecule has 2 heterocycles. The number of amides is 2. The van der Waals surface area contributed by atoms with Crippen molar-refractivity contribution in [1.82, 2.24) is 14.7 Å². The number of aryl methyl sites for hydroxylation is 2. The molecule has 2 aromatic carbocycles. The van der Waals surface area contributed by atoms with Crippen LogP contribution in [-0.2, 0) is 7.05 Å². The number of fused-ring (bicyclic) bond motifs is 1. The standard InChI is InChI=1S/C23H22N4O3S/c1-14-13-31-19-12-16(22(28)24-20-9-10-27(4)25-20)11-18(21(14)19)30-17-7-5-15(6-8-17)23(29)26(2)3/h5-13H,1-4H3,(H,24,25,28). The largest absolute Gasteiger partial charge is 0.457 e. The van der Waals surface area contributed by atoms with Gasteiger partial charge in [0.1, 0.15) is 11.5 Å². The first-order chi connectivity index (χ1) is 14.8. The minimum atomic E-state index is -0.261. The Bertz CT molecular complexity index is 1270. The summed E-state index contributed by atoms with van der Waals surface area (Å²) >= 11 is 1.56. The Morgan fingerprint density at radius 3 is 2.48 bits per heavy atom. The highest BCUT2D eigenvalue weighted by molar-refractivity contribution is 7.17. The lowest BCUT2D eigenvalue weighted by molar-refractivity contribution is 0.0827. The summed E-state index contributed by atoms with van der Waals surface area (Å²) in [5.41, 5.74) is 2.14. The predicted molar refractivity (Wildman–Crippen MR) is 122 cm³/mol. The Hall–Kier alpha value is -3.65. The Morgan fingerprint density at radius 1 is 1.10 bits per heavy atom. The van der Waals surface area contributed by atoms with Crippen molar-refractivity contribution in [3.05, 3.63) is 70.7 Å². The average Bonchev–Trinajstić information content (AvgIpc) is 3.33. The zero-order valence-electron chi connectivity index (χ0n) is 17.7. The van der Waals surface area contributed by atoms with Crippen molar-refractivity contribution < 1.29 is 14.3 Å². The molecule has 0 fully saturated rings. The molecule has 2 aromatic heterocycles. The zero-order valence-corrected chi connectivity index (χ0v) is 18.5. The number of benzene rings is 2. The van der Waals surface area contributed by atoms with Gasteiger partial charge in [-0.1, -0.05) is 0 Å². The Balaban J connectivity index is 1.65. The lowest BCUT2D eigenvalue weighted by atomic mass is 10.1. The summed E-state index contributed by atoms with van der Waals surface area (Å²) in [7, 11) is 5.22. The SMILES string of the molecule is Cc1csc2cc(C(=O)Nc3ccn(C)n3)cc(Oc3ccc(C(=O)N(C)C)cc3)c12. The van der Waals surface area contributed by atoms with Crippen LogP contribution in [0.15, 0.2) is 54.0 Å². The molecule has 0 bridgehead atoms. The molecule has 0 saturated heterocycles. The highest BCUT2D eigenvalue weighted by Crippen LogP contribution is 2.37. The summed E-state index contributed by atoms with van der Waals surface area (Å²) in [5.74, 6) is 1.33. The third-order valence-corrected chi connectivity index (χ3v) is 5.82. The van der Waals surface area contributed by atoms with Gasteiger partial charge in [0.2, 0.25) is 0 Å². The lowest BCUT2D eigenvalue weighted by Crippen LogP contribution is -2.21. The van der Waals surface area contributed by atoms with Gasteiger partial charge in [0, 0.05) is 54.6 Å². The van der Waals surface area contributed by atoms with Gasteiger partial charge in [-0.15, -0.1) is 11.3 Å². The number of ether oxygens (including phenoxy) is 1. The molecule has 2 amide bonds. The topological polar surface area (TPSA) is 76.5 Å². The molecular formula is C23H22N4O3S. The highest BCUT2D eigenvalue weighted by atomic mass is 32.1. The van der Waals surface area contributed by atoms with E-state index in [2.05, 4.69) is 10.4 Å². The van der Waals surface area contributed by atoms with Gasteiger partial charge in [0.25, 0.3) is 11.8 Å². The van der Waals surface area contributed by atoms with E-state index >= 15 is 0 Å². The van der Waals surface area contributed by atoms with Gasteiger partial charge in [0.15, 0.2) is 5.82 Å². The molecule has 4 rings (SSSR count). The van der Waals surface area contributed by atoms with Gasteiger partial charge < -0.3 is 15.0 Å². The van der Waals surface area contributed by atoms with Gasteiger partial charge in [-0.25, -0.2) is 0 Å². The summed E-state index contributed by atoms with van der Waals surface area (Å²) in [6.07, 6.45) is 1.76. The maximum Gasteiger partial charge on any atom is 0.257 e. The summed E-state index contributed by atoms with van der Waals surface area (Å²) in [6.45, 7) is 2.01. The zero-order chi connectivity index (χ0) is 22.1. The van der Waals surface area contributed by atoms with Crippen LogP contribution in [0.4, 0.5) is 5.82 Å². The van der Waals surface area contributed by atoms with E-state index in [-0.39, 0.29) is 11.8 Å². The number of aromatic nitrogens is 2. The summed E-state index contributed by atoms with van der Waals surface area (Å²) < 4.78 is 8.74. The van der Waals surface area contributed by atoms with Crippen LogP contribution >= 0.6 is 11.3 Å². The third kappa shape index (κ3) is 4.29. The Labute approximate surface area is 183 Å². The molecule has 158 valence electrons. The van der Waals surface area contributed by atoms with E-state index in [0.717, 1.165) is 15.6 Å². The van der Waals surface area contributed by atoms with E-state index in [4.69, 9.17) is 4.74 Å². The lowest BCUT2D eigenvalue weighted by Gasteiger charge is -2.12. The normalized spacial score (nSPS) is 10.8. The maximum atomic E-state index is 12.8. The molecule has 31 heavy (non-hydrogen) atoms. The number of nitrogens with one attached hydrogen (secondary N) is 1. The van der Waals surface area contributed by atoms with E-state index in [9.17, 15) is 9.59 Å². The van der Waals surface area contributed by atoms with Crippen molar-refractivity contribution in [2.45, 2.75) is 6.92 Å². The van der Waals surface area contributed by atoms with Crippen LogP contribution in [0.3, 0.4) is 0 Å². The third-order valence-electron chi connectivity index (χ3n) is 4.78. The van der Waals surface area contributed by atoms with Crippen molar-refractivity contribution in [1.29, 1.82) is 0 Å². The first kappa shape index (κ1) is 20.6. The molecule has 0 aliphatic rings. The van der Waals surface area contributed by atoms with Crippen LogP contribution in [0.1, 0.15) is 26.3 Å². The number of anilines is 1. The molecule has 0 saturated carbocycles. The minimum absolute atomic E-state index is 0.0733. The van der Waals surface area contributed by atoms with Gasteiger partial charge >= 0.3 is 0 Å². The van der Waals surface area contributed by atoms with Gasteiger partial charge in [-0.2, -0.15) is 5.10 Å². The van der Waals surface area contributed by atoms with Crippen LogP contribution in [0.2, 0.25) is 0 Å². The second kappa shape index (κ2) is 8.23. The maximum absolute atomic E-state index is 12.8. The number of carbonyl (C=O) groups is 2. The first-order valence-electron chi connectivity index (χ1n) is 9.64. The quantitative estimate of drug-likeness (QED) is 0.494. The van der Waals surface area contributed by atoms with Crippen LogP contribution in [0.5, 0.6) is 11.5 Å². The molecule has 8 heteroatoms. The monoisotopic (exact) mass is 434 g/mol. The van der Waals surface area contributed by atoms with E-state index in [1.165, 1.54) is 4.90 Å². The fourth-order valence-electron chi connectivity index (χ4n) is 3.21. The molecule has 0 unspecified atom stereocenters. The fourth-order valence-corrected chi connectivity index (χ4v) is 4.21. The van der Waals surface area contributed by atoms with Crippen molar-refractivity contribution >= 4 is 39.1 Å². The highest BCUT2D eigenvalue weighted by Gasteiger charge is 2.16. The molecule has 0 aliphatic heterocycles. The smallest absolute Gasteiger partial charge is 0.257 e. The first-order valence-corrected chi connectivity index (χ1v) is 10.5. The molecule has 7 nitrogen and oxygen atoms in total. The fraction of sp³-hybridized carbons (Fsp3) is 0.174. The van der Waals surface area contributed by atoms with Crippen molar-refractivity contribution in [3.63, 3.8) is 0 Å². The van der Waals surface area contributed by atoms with E-state index in [0.29, 0.717) is 28.4 Å². The van der Waals surface area contributed by atoms with Crippen LogP contribution in [0, 0.1) is 6.92 Å².